The molecule has 0 atom stereocenters. The lowest BCUT2D eigenvalue weighted by Gasteiger charge is -2.23. The Balaban J connectivity index is 1.60. The smallest absolute Gasteiger partial charge is 0.255 e. The highest BCUT2D eigenvalue weighted by Crippen LogP contribution is 2.28. The monoisotopic (exact) mass is 505 g/mol. The number of amides is 2. The molecular formula is C30H27N5O3. The second-order valence-electron chi connectivity index (χ2n) is 9.26. The highest BCUT2D eigenvalue weighted by Gasteiger charge is 2.17. The molecule has 4 aromatic rings. The van der Waals surface area contributed by atoms with Gasteiger partial charge in [0.15, 0.2) is 0 Å². The van der Waals surface area contributed by atoms with E-state index in [-0.39, 0.29) is 11.8 Å². The fourth-order valence-electron chi connectivity index (χ4n) is 4.56. The van der Waals surface area contributed by atoms with Crippen molar-refractivity contribution in [1.82, 2.24) is 14.5 Å². The molecular weight excluding hydrogens is 478 g/mol. The van der Waals surface area contributed by atoms with Gasteiger partial charge in [-0.15, -0.1) is 0 Å². The molecule has 190 valence electrons. The zero-order chi connectivity index (χ0) is 26.6. The van der Waals surface area contributed by atoms with Crippen LogP contribution in [-0.4, -0.2) is 32.8 Å². The van der Waals surface area contributed by atoms with E-state index < -0.39 is 0 Å². The van der Waals surface area contributed by atoms with E-state index in [1.807, 2.05) is 49.5 Å². The summed E-state index contributed by atoms with van der Waals surface area (Å²) in [5, 5.41) is 12.7. The third-order valence-electron chi connectivity index (χ3n) is 6.68. The molecule has 0 saturated carbocycles. The van der Waals surface area contributed by atoms with Crippen LogP contribution in [0, 0.1) is 18.3 Å². The van der Waals surface area contributed by atoms with Crippen molar-refractivity contribution < 1.29 is 14.3 Å². The molecule has 2 heterocycles. The van der Waals surface area contributed by atoms with Crippen molar-refractivity contribution in [2.24, 2.45) is 0 Å². The summed E-state index contributed by atoms with van der Waals surface area (Å²) < 4.78 is 8.23. The zero-order valence-electron chi connectivity index (χ0n) is 21.3. The SMILES string of the molecule is CC(=O)N1CCc2cnc(C)n2Cc2ccc(C#N)c(c2)Oc2cccc(c2)C(=O)Nc2ccccc2C1. The maximum Gasteiger partial charge on any atom is 0.255 e. The van der Waals surface area contributed by atoms with Crippen molar-refractivity contribution in [3.8, 4) is 17.6 Å². The fourth-order valence-corrected chi connectivity index (χ4v) is 4.56. The van der Waals surface area contributed by atoms with Gasteiger partial charge in [-0.3, -0.25) is 9.59 Å². The van der Waals surface area contributed by atoms with Crippen LogP contribution in [0.15, 0.2) is 72.9 Å². The Kier molecular flexibility index (Phi) is 6.92. The van der Waals surface area contributed by atoms with Gasteiger partial charge in [0.2, 0.25) is 5.91 Å². The van der Waals surface area contributed by atoms with Crippen LogP contribution >= 0.6 is 0 Å². The lowest BCUT2D eigenvalue weighted by atomic mass is 10.1. The Morgan fingerprint density at radius 1 is 1.08 bits per heavy atom. The third kappa shape index (κ3) is 5.27. The van der Waals surface area contributed by atoms with Crippen molar-refractivity contribution in [3.63, 3.8) is 0 Å². The number of fused-ring (bicyclic) bond motifs is 6. The van der Waals surface area contributed by atoms with E-state index in [1.54, 1.807) is 42.2 Å². The van der Waals surface area contributed by atoms with Crippen LogP contribution in [0.25, 0.3) is 0 Å². The van der Waals surface area contributed by atoms with Crippen molar-refractivity contribution >= 4 is 17.5 Å². The van der Waals surface area contributed by atoms with E-state index in [9.17, 15) is 14.9 Å². The first-order valence-corrected chi connectivity index (χ1v) is 12.4. The minimum absolute atomic E-state index is 0.0510. The summed E-state index contributed by atoms with van der Waals surface area (Å²) in [7, 11) is 0. The lowest BCUT2D eigenvalue weighted by Crippen LogP contribution is -2.31. The maximum atomic E-state index is 13.2. The second-order valence-corrected chi connectivity index (χ2v) is 9.26. The van der Waals surface area contributed by atoms with Gasteiger partial charge >= 0.3 is 0 Å². The van der Waals surface area contributed by atoms with Crippen LogP contribution in [0.5, 0.6) is 11.5 Å². The maximum absolute atomic E-state index is 13.2. The van der Waals surface area contributed by atoms with E-state index in [1.165, 1.54) is 0 Å². The lowest BCUT2D eigenvalue weighted by molar-refractivity contribution is -0.129. The van der Waals surface area contributed by atoms with Gasteiger partial charge in [0.1, 0.15) is 23.4 Å². The van der Waals surface area contributed by atoms with Gasteiger partial charge in [-0.2, -0.15) is 5.26 Å². The van der Waals surface area contributed by atoms with E-state index in [4.69, 9.17) is 4.74 Å². The molecule has 0 aliphatic carbocycles. The molecule has 8 heteroatoms. The standard InChI is InChI=1S/C30H27N5O3/c1-20-32-17-26-12-13-34(21(2)36)19-25-6-3-4-9-28(25)33-30(37)23-7-5-8-27(15-23)38-29-14-22(18-35(20)26)10-11-24(29)16-31/h3-11,14-15,17H,12-13,18-19H2,1-2H3,(H,33,37). The van der Waals surface area contributed by atoms with Crippen LogP contribution in [0.3, 0.4) is 0 Å². The number of nitriles is 1. The molecule has 1 N–H and O–H groups in total. The average molecular weight is 506 g/mol. The Hall–Kier alpha value is -4.90. The second kappa shape index (κ2) is 10.6. The van der Waals surface area contributed by atoms with Gasteiger partial charge in [0.25, 0.3) is 5.91 Å². The normalized spacial score (nSPS) is 13.6. The average Bonchev–Trinajstić information content (AvgIpc) is 3.25. The quantitative estimate of drug-likeness (QED) is 0.360. The number of carbonyl (C=O) groups excluding carboxylic acids is 2. The topological polar surface area (TPSA) is 100 Å². The molecule has 1 aliphatic rings. The van der Waals surface area contributed by atoms with E-state index >= 15 is 0 Å². The van der Waals surface area contributed by atoms with E-state index in [2.05, 4.69) is 20.9 Å². The van der Waals surface area contributed by atoms with Gasteiger partial charge in [-0.1, -0.05) is 30.3 Å². The first-order chi connectivity index (χ1) is 18.4. The van der Waals surface area contributed by atoms with Gasteiger partial charge in [-0.05, 0) is 54.4 Å². The highest BCUT2D eigenvalue weighted by atomic mass is 16.5. The number of anilines is 1. The van der Waals surface area contributed by atoms with E-state index in [0.717, 1.165) is 22.6 Å². The van der Waals surface area contributed by atoms with Gasteiger partial charge in [0.05, 0.1) is 5.56 Å². The minimum Gasteiger partial charge on any atom is -0.456 e. The molecule has 38 heavy (non-hydrogen) atoms. The first-order valence-electron chi connectivity index (χ1n) is 12.4. The van der Waals surface area contributed by atoms with Crippen molar-refractivity contribution in [1.29, 1.82) is 5.26 Å². The largest absolute Gasteiger partial charge is 0.456 e. The highest BCUT2D eigenvalue weighted by molar-refractivity contribution is 6.04. The zero-order valence-corrected chi connectivity index (χ0v) is 21.3. The number of para-hydroxylation sites is 1. The Labute approximate surface area is 221 Å². The van der Waals surface area contributed by atoms with E-state index in [0.29, 0.717) is 54.4 Å². The van der Waals surface area contributed by atoms with Crippen LogP contribution in [-0.2, 0) is 24.3 Å². The van der Waals surface area contributed by atoms with Crippen LogP contribution < -0.4 is 10.1 Å². The summed E-state index contributed by atoms with van der Waals surface area (Å²) in [5.41, 5.74) is 4.21. The summed E-state index contributed by atoms with van der Waals surface area (Å²) in [6.45, 7) is 4.89. The van der Waals surface area contributed by atoms with Crippen LogP contribution in [0.2, 0.25) is 0 Å². The molecule has 0 fully saturated rings. The summed E-state index contributed by atoms with van der Waals surface area (Å²) >= 11 is 0. The van der Waals surface area contributed by atoms with Crippen molar-refractivity contribution in [2.75, 3.05) is 11.9 Å². The predicted octanol–water partition coefficient (Wildman–Crippen LogP) is 5.06. The number of nitrogens with zero attached hydrogens (tertiary/aromatic N) is 4. The number of hydrogen-bond donors (Lipinski definition) is 1. The number of hydrogen-bond acceptors (Lipinski definition) is 5. The molecule has 0 spiro atoms. The van der Waals surface area contributed by atoms with Crippen molar-refractivity contribution in [2.45, 2.75) is 33.4 Å². The van der Waals surface area contributed by atoms with Gasteiger partial charge < -0.3 is 19.5 Å². The third-order valence-corrected chi connectivity index (χ3v) is 6.68. The minimum atomic E-state index is -0.299. The summed E-state index contributed by atoms with van der Waals surface area (Å²) in [6.07, 6.45) is 2.45. The summed E-state index contributed by atoms with van der Waals surface area (Å²) in [5.74, 6) is 1.37. The molecule has 3 aromatic carbocycles. The molecule has 1 aromatic heterocycles. The number of carbonyl (C=O) groups is 2. The predicted molar refractivity (Wildman–Crippen MR) is 143 cm³/mol. The Bertz CT molecular complexity index is 1570. The molecule has 0 unspecified atom stereocenters. The number of nitrogens with one attached hydrogen (secondary N) is 1. The number of benzene rings is 3. The number of aromatic nitrogens is 2. The molecule has 8 nitrogen and oxygen atoms in total. The number of imidazole rings is 1. The molecule has 0 saturated heterocycles. The van der Waals surface area contributed by atoms with Crippen LogP contribution in [0.1, 0.15) is 45.5 Å². The Morgan fingerprint density at radius 3 is 2.74 bits per heavy atom. The molecule has 2 amide bonds. The molecule has 1 aliphatic heterocycles. The molecule has 4 bridgehead atoms. The van der Waals surface area contributed by atoms with Gasteiger partial charge in [-0.25, -0.2) is 4.98 Å². The Morgan fingerprint density at radius 2 is 1.92 bits per heavy atom. The fraction of sp³-hybridized carbons (Fsp3) is 0.200. The van der Waals surface area contributed by atoms with Crippen molar-refractivity contribution in [3.05, 3.63) is 107 Å². The van der Waals surface area contributed by atoms with Crippen LogP contribution in [0.4, 0.5) is 5.69 Å². The first kappa shape index (κ1) is 24.8. The van der Waals surface area contributed by atoms with Gasteiger partial charge in [0, 0.05) is 56.1 Å². The number of ether oxygens (including phenoxy) is 1. The summed E-state index contributed by atoms with van der Waals surface area (Å²) in [4.78, 5) is 32.1. The molecule has 0 radical (unpaired) electrons. The number of rotatable bonds is 0. The number of aryl methyl sites for hydroxylation is 1. The molecule has 5 rings (SSSR count). The summed E-state index contributed by atoms with van der Waals surface area (Å²) in [6, 6.07) is 22.0.